The number of hydrogen-bond donors (Lipinski definition) is 2. The van der Waals surface area contributed by atoms with Crippen molar-refractivity contribution < 1.29 is 9.53 Å². The predicted octanol–water partition coefficient (Wildman–Crippen LogP) is 7.34. The number of hydrogen-bond acceptors (Lipinski definition) is 2. The van der Waals surface area contributed by atoms with Crippen molar-refractivity contribution in [1.82, 2.24) is 4.98 Å². The summed E-state index contributed by atoms with van der Waals surface area (Å²) in [6.07, 6.45) is 0. The first kappa shape index (κ1) is 22.8. The molecule has 6 rings (SSSR count). The van der Waals surface area contributed by atoms with Crippen LogP contribution in [0.25, 0.3) is 10.9 Å². The Morgan fingerprint density at radius 1 is 0.861 bits per heavy atom. The van der Waals surface area contributed by atoms with Gasteiger partial charge in [-0.3, -0.25) is 4.79 Å². The third-order valence-corrected chi connectivity index (χ3v) is 7.42. The molecule has 178 valence electrons. The highest BCUT2D eigenvalue weighted by Crippen LogP contribution is 2.50. The van der Waals surface area contributed by atoms with E-state index in [-0.39, 0.29) is 11.8 Å². The fourth-order valence-electron chi connectivity index (χ4n) is 5.52. The molecule has 2 N–H and O–H groups in total. The van der Waals surface area contributed by atoms with E-state index in [1.165, 1.54) is 0 Å². The molecule has 36 heavy (non-hydrogen) atoms. The lowest BCUT2D eigenvalue weighted by atomic mass is 9.79. The minimum atomic E-state index is -1.28. The summed E-state index contributed by atoms with van der Waals surface area (Å²) in [6, 6.07) is 34.8. The molecule has 0 aliphatic carbocycles. The van der Waals surface area contributed by atoms with Gasteiger partial charge in [0, 0.05) is 50.4 Å². The van der Waals surface area contributed by atoms with Gasteiger partial charge >= 0.3 is 0 Å². The van der Waals surface area contributed by atoms with E-state index < -0.39 is 5.60 Å². The molecule has 1 unspecified atom stereocenters. The third-order valence-electron chi connectivity index (χ3n) is 6.93. The van der Waals surface area contributed by atoms with Crippen LogP contribution in [0.2, 0.25) is 0 Å². The number of H-pyrrole nitrogens is 1. The number of ether oxygens (including phenoxy) is 1. The average Bonchev–Trinajstić information content (AvgIpc) is 3.40. The van der Waals surface area contributed by atoms with Crippen molar-refractivity contribution in [3.05, 3.63) is 136 Å². The summed E-state index contributed by atoms with van der Waals surface area (Å²) in [6.45, 7) is 2.32. The van der Waals surface area contributed by atoms with Gasteiger partial charge in [-0.25, -0.2) is 0 Å². The molecule has 5 aromatic rings. The number of carbonyl (C=O) groups excluding carboxylic acids is 1. The molecule has 1 aliphatic heterocycles. The number of halogens is 1. The van der Waals surface area contributed by atoms with Crippen LogP contribution in [-0.2, 0) is 15.1 Å². The number of nitrogens with one attached hydrogen (secondary N) is 2. The fraction of sp³-hybridized carbons (Fsp3) is 0.129. The highest BCUT2D eigenvalue weighted by atomic mass is 79.9. The molecule has 0 saturated heterocycles. The zero-order valence-corrected chi connectivity index (χ0v) is 21.4. The summed E-state index contributed by atoms with van der Waals surface area (Å²) >= 11 is 3.63. The minimum absolute atomic E-state index is 0.133. The Morgan fingerprint density at radius 3 is 2.17 bits per heavy atom. The predicted molar refractivity (Wildman–Crippen MR) is 147 cm³/mol. The first-order chi connectivity index (χ1) is 17.6. The Kier molecular flexibility index (Phi) is 5.75. The number of anilines is 1. The zero-order chi connectivity index (χ0) is 24.7. The molecule has 5 heteroatoms. The van der Waals surface area contributed by atoms with Crippen molar-refractivity contribution in [2.45, 2.75) is 18.4 Å². The van der Waals surface area contributed by atoms with Gasteiger partial charge in [0.2, 0.25) is 5.60 Å². The summed E-state index contributed by atoms with van der Waals surface area (Å²) in [7, 11) is 0. The first-order valence-corrected chi connectivity index (χ1v) is 12.9. The molecular weight excluding hydrogens is 512 g/mol. The second-order valence-electron chi connectivity index (χ2n) is 8.97. The zero-order valence-electron chi connectivity index (χ0n) is 19.8. The van der Waals surface area contributed by atoms with Crippen molar-refractivity contribution in [3.8, 4) is 0 Å². The van der Waals surface area contributed by atoms with E-state index in [1.807, 2.05) is 49.4 Å². The number of amides is 1. The number of rotatable bonds is 6. The largest absolute Gasteiger partial charge is 0.357 e. The van der Waals surface area contributed by atoms with Crippen molar-refractivity contribution in [3.63, 3.8) is 0 Å². The van der Waals surface area contributed by atoms with Gasteiger partial charge in [-0.2, -0.15) is 0 Å². The fourth-order valence-corrected chi connectivity index (χ4v) is 5.88. The van der Waals surface area contributed by atoms with Gasteiger partial charge < -0.3 is 15.0 Å². The van der Waals surface area contributed by atoms with Crippen LogP contribution in [0.4, 0.5) is 5.69 Å². The molecule has 1 aromatic heterocycles. The highest BCUT2D eigenvalue weighted by Gasteiger charge is 2.52. The molecule has 0 saturated carbocycles. The molecule has 1 amide bonds. The molecule has 0 radical (unpaired) electrons. The Bertz CT molecular complexity index is 1520. The van der Waals surface area contributed by atoms with Gasteiger partial charge in [-0.05, 0) is 36.2 Å². The van der Waals surface area contributed by atoms with Crippen LogP contribution < -0.4 is 5.32 Å². The molecule has 1 atom stereocenters. The van der Waals surface area contributed by atoms with E-state index in [4.69, 9.17) is 4.74 Å². The first-order valence-electron chi connectivity index (χ1n) is 12.1. The van der Waals surface area contributed by atoms with Gasteiger partial charge in [-0.15, -0.1) is 0 Å². The average molecular weight is 537 g/mol. The number of fused-ring (bicyclic) bond motifs is 2. The molecule has 4 aromatic carbocycles. The van der Waals surface area contributed by atoms with Crippen molar-refractivity contribution in [2.75, 3.05) is 11.9 Å². The SMILES string of the molecule is CCOC1(c2c(C(c3ccccc3)c3ccccc3)[nH]c3cc(Br)ccc23)C(=O)Nc2ccccc21. The molecule has 0 spiro atoms. The number of carbonyl (C=O) groups is 1. The highest BCUT2D eigenvalue weighted by molar-refractivity contribution is 9.10. The molecule has 0 bridgehead atoms. The standard InChI is InChI=1S/C31H25BrN2O2/c1-2-36-31(24-15-9-10-16-25(24)34-30(31)35)28-23-18-17-22(32)19-26(23)33-29(28)27(20-11-5-3-6-12-20)21-13-7-4-8-14-21/h3-19,27,33H,2H2,1H3,(H,34,35). The normalized spacial score (nSPS) is 16.9. The number of aromatic nitrogens is 1. The van der Waals surface area contributed by atoms with Gasteiger partial charge in [0.1, 0.15) is 0 Å². The number of aromatic amines is 1. The Balaban J connectivity index is 1.74. The van der Waals surface area contributed by atoms with Crippen LogP contribution >= 0.6 is 15.9 Å². The van der Waals surface area contributed by atoms with Crippen LogP contribution in [0.15, 0.2) is 108 Å². The smallest absolute Gasteiger partial charge is 0.266 e. The van der Waals surface area contributed by atoms with Crippen molar-refractivity contribution in [1.29, 1.82) is 0 Å². The third kappa shape index (κ3) is 3.50. The summed E-state index contributed by atoms with van der Waals surface area (Å²) in [5, 5.41) is 4.06. The minimum Gasteiger partial charge on any atom is -0.357 e. The molecule has 2 heterocycles. The monoisotopic (exact) mass is 536 g/mol. The van der Waals surface area contributed by atoms with E-state index in [0.29, 0.717) is 6.61 Å². The maximum Gasteiger partial charge on any atom is 0.266 e. The Hall–Kier alpha value is -3.67. The van der Waals surface area contributed by atoms with Crippen molar-refractivity contribution >= 4 is 38.4 Å². The van der Waals surface area contributed by atoms with E-state index in [1.54, 1.807) is 0 Å². The second-order valence-corrected chi connectivity index (χ2v) is 9.89. The van der Waals surface area contributed by atoms with E-state index in [9.17, 15) is 4.79 Å². The van der Waals surface area contributed by atoms with E-state index in [2.05, 4.69) is 86.9 Å². The summed E-state index contributed by atoms with van der Waals surface area (Å²) in [4.78, 5) is 17.7. The number of benzene rings is 4. The maximum atomic E-state index is 13.9. The lowest BCUT2D eigenvalue weighted by molar-refractivity contribution is -0.135. The summed E-state index contributed by atoms with van der Waals surface area (Å²) in [5.41, 5.74) is 5.35. The maximum absolute atomic E-state index is 13.9. The lowest BCUT2D eigenvalue weighted by Crippen LogP contribution is -2.39. The van der Waals surface area contributed by atoms with Crippen LogP contribution in [0.5, 0.6) is 0 Å². The molecular formula is C31H25BrN2O2. The van der Waals surface area contributed by atoms with E-state index >= 15 is 0 Å². The quantitative estimate of drug-likeness (QED) is 0.238. The number of para-hydroxylation sites is 1. The molecule has 0 fully saturated rings. The van der Waals surface area contributed by atoms with Gasteiger partial charge in [0.25, 0.3) is 5.91 Å². The second kappa shape index (κ2) is 9.08. The van der Waals surface area contributed by atoms with Crippen LogP contribution in [0.1, 0.15) is 40.8 Å². The summed E-state index contributed by atoms with van der Waals surface area (Å²) < 4.78 is 7.50. The van der Waals surface area contributed by atoms with E-state index in [0.717, 1.165) is 49.0 Å². The van der Waals surface area contributed by atoms with Gasteiger partial charge in [-0.1, -0.05) is 101 Å². The van der Waals surface area contributed by atoms with Crippen LogP contribution in [0, 0.1) is 0 Å². The molecule has 1 aliphatic rings. The van der Waals surface area contributed by atoms with Crippen LogP contribution in [0.3, 0.4) is 0 Å². The lowest BCUT2D eigenvalue weighted by Gasteiger charge is -2.31. The topological polar surface area (TPSA) is 54.1 Å². The van der Waals surface area contributed by atoms with Gasteiger partial charge in [0.05, 0.1) is 0 Å². The Morgan fingerprint density at radius 2 is 1.50 bits per heavy atom. The Labute approximate surface area is 218 Å². The van der Waals surface area contributed by atoms with Gasteiger partial charge in [0.15, 0.2) is 0 Å². The molecule has 4 nitrogen and oxygen atoms in total. The van der Waals surface area contributed by atoms with Crippen LogP contribution in [-0.4, -0.2) is 17.5 Å². The summed E-state index contributed by atoms with van der Waals surface area (Å²) in [5.74, 6) is -0.304. The van der Waals surface area contributed by atoms with Crippen molar-refractivity contribution in [2.24, 2.45) is 0 Å².